The molecule has 0 amide bonds. The van der Waals surface area contributed by atoms with E-state index in [0.29, 0.717) is 11.4 Å². The van der Waals surface area contributed by atoms with E-state index in [1.807, 2.05) is 42.5 Å². The highest BCUT2D eigenvalue weighted by Gasteiger charge is 2.11. The van der Waals surface area contributed by atoms with Crippen LogP contribution in [0.1, 0.15) is 44.6 Å². The first-order valence-corrected chi connectivity index (χ1v) is 14.6. The Bertz CT molecular complexity index is 1670. The smallest absolute Gasteiger partial charge is 0.337 e. The Kier molecular flexibility index (Phi) is 10.3. The number of aromatic amines is 1. The number of tetrazole rings is 1. The van der Waals surface area contributed by atoms with Crippen LogP contribution in [0.5, 0.6) is 5.75 Å². The number of benzene rings is 4. The van der Waals surface area contributed by atoms with Gasteiger partial charge in [0, 0.05) is 5.56 Å². The minimum absolute atomic E-state index is 0.184. The number of aryl methyl sites for hydroxylation is 3. The van der Waals surface area contributed by atoms with Gasteiger partial charge in [-0.3, -0.25) is 0 Å². The first kappa shape index (κ1) is 30.4. The Hall–Kier alpha value is -5.11. The summed E-state index contributed by atoms with van der Waals surface area (Å²) in [5, 5.41) is 14.2. The number of nitrogens with one attached hydrogen (secondary N) is 1. The molecule has 0 spiro atoms. The van der Waals surface area contributed by atoms with Crippen molar-refractivity contribution in [3.05, 3.63) is 136 Å². The van der Waals surface area contributed by atoms with Crippen molar-refractivity contribution in [2.24, 2.45) is 5.92 Å². The van der Waals surface area contributed by atoms with E-state index < -0.39 is 0 Å². The van der Waals surface area contributed by atoms with Crippen molar-refractivity contribution in [3.63, 3.8) is 0 Å². The predicted octanol–water partition coefficient (Wildman–Crippen LogP) is 7.09. The molecule has 0 aliphatic rings. The zero-order valence-corrected chi connectivity index (χ0v) is 24.9. The normalized spacial score (nSPS) is 11.9. The van der Waals surface area contributed by atoms with Gasteiger partial charge in [-0.25, -0.2) is 9.18 Å². The van der Waals surface area contributed by atoms with Crippen molar-refractivity contribution < 1.29 is 18.7 Å². The maximum atomic E-state index is 14.4. The quantitative estimate of drug-likeness (QED) is 0.147. The predicted molar refractivity (Wildman–Crippen MR) is 169 cm³/mol. The lowest BCUT2D eigenvalue weighted by atomic mass is 9.90. The monoisotopic (exact) mass is 590 g/mol. The maximum Gasteiger partial charge on any atom is 0.337 e. The molecule has 1 aromatic heterocycles. The van der Waals surface area contributed by atoms with Gasteiger partial charge < -0.3 is 9.47 Å². The van der Waals surface area contributed by atoms with Crippen LogP contribution in [0.4, 0.5) is 4.39 Å². The minimum atomic E-state index is -0.348. The number of aromatic nitrogens is 4. The lowest BCUT2D eigenvalue weighted by Gasteiger charge is -2.15. The van der Waals surface area contributed by atoms with Gasteiger partial charge in [-0.15, -0.1) is 10.2 Å². The Balaban J connectivity index is 1.33. The number of methoxy groups -OCH3 is 2. The van der Waals surface area contributed by atoms with Gasteiger partial charge >= 0.3 is 5.97 Å². The van der Waals surface area contributed by atoms with Crippen LogP contribution in [0.2, 0.25) is 0 Å². The highest BCUT2D eigenvalue weighted by molar-refractivity contribution is 5.89. The molecule has 1 N–H and O–H groups in total. The molecule has 1 atom stereocenters. The fraction of sp³-hybridized carbons (Fsp3) is 0.222. The first-order valence-electron chi connectivity index (χ1n) is 14.6. The second-order valence-corrected chi connectivity index (χ2v) is 10.7. The third-order valence-electron chi connectivity index (χ3n) is 7.73. The van der Waals surface area contributed by atoms with Crippen molar-refractivity contribution in [2.75, 3.05) is 14.2 Å². The molecule has 1 heterocycles. The van der Waals surface area contributed by atoms with Gasteiger partial charge in [0.2, 0.25) is 5.82 Å². The van der Waals surface area contributed by atoms with E-state index in [1.54, 1.807) is 25.3 Å². The molecule has 0 aliphatic carbocycles. The van der Waals surface area contributed by atoms with Crippen LogP contribution >= 0.6 is 0 Å². The number of hydrogen-bond acceptors (Lipinski definition) is 6. The van der Waals surface area contributed by atoms with Crippen LogP contribution in [0.15, 0.2) is 97.1 Å². The first-order chi connectivity index (χ1) is 21.5. The minimum Gasteiger partial charge on any atom is -0.497 e. The summed E-state index contributed by atoms with van der Waals surface area (Å²) < 4.78 is 24.5. The molecule has 8 heteroatoms. The van der Waals surface area contributed by atoms with E-state index in [9.17, 15) is 9.18 Å². The Morgan fingerprint density at radius 3 is 2.25 bits per heavy atom. The average Bonchev–Trinajstić information content (AvgIpc) is 3.61. The van der Waals surface area contributed by atoms with Crippen molar-refractivity contribution in [2.45, 2.75) is 32.1 Å². The fourth-order valence-corrected chi connectivity index (χ4v) is 5.18. The number of esters is 1. The fourth-order valence-electron chi connectivity index (χ4n) is 5.18. The van der Waals surface area contributed by atoms with Crippen LogP contribution in [0, 0.1) is 11.7 Å². The number of carbonyl (C=O) groups is 1. The molecule has 5 rings (SSSR count). The Morgan fingerprint density at radius 2 is 1.57 bits per heavy atom. The molecule has 1 unspecified atom stereocenters. The summed E-state index contributed by atoms with van der Waals surface area (Å²) in [7, 11) is 3.04. The lowest BCUT2D eigenvalue weighted by molar-refractivity contribution is 0.0600. The number of nitrogens with zero attached hydrogens (tertiary/aromatic N) is 3. The highest BCUT2D eigenvalue weighted by Crippen LogP contribution is 2.23. The maximum absolute atomic E-state index is 14.4. The summed E-state index contributed by atoms with van der Waals surface area (Å²) >= 11 is 0. The summed E-state index contributed by atoms with van der Waals surface area (Å²) in [6.45, 7) is 0. The molecule has 0 aliphatic heterocycles. The summed E-state index contributed by atoms with van der Waals surface area (Å²) in [5.74, 6) is 0.964. The van der Waals surface area contributed by atoms with Crippen LogP contribution < -0.4 is 4.74 Å². The van der Waals surface area contributed by atoms with Gasteiger partial charge in [0.25, 0.3) is 0 Å². The van der Waals surface area contributed by atoms with E-state index in [0.717, 1.165) is 60.1 Å². The molecular weight excluding hydrogens is 555 g/mol. The van der Waals surface area contributed by atoms with E-state index in [4.69, 9.17) is 9.47 Å². The number of halogens is 1. The molecule has 0 fully saturated rings. The molecule has 0 saturated heterocycles. The zero-order chi connectivity index (χ0) is 30.7. The Labute approximate surface area is 256 Å². The van der Waals surface area contributed by atoms with Gasteiger partial charge in [0.1, 0.15) is 11.6 Å². The van der Waals surface area contributed by atoms with Crippen molar-refractivity contribution in [3.8, 4) is 17.1 Å². The van der Waals surface area contributed by atoms with E-state index >= 15 is 0 Å². The third-order valence-corrected chi connectivity index (χ3v) is 7.73. The molecular formula is C36H35FN4O3. The largest absolute Gasteiger partial charge is 0.497 e. The van der Waals surface area contributed by atoms with Crippen molar-refractivity contribution >= 4 is 12.0 Å². The summed E-state index contributed by atoms with van der Waals surface area (Å²) in [6.07, 6.45) is 8.39. The molecule has 0 bridgehead atoms. The van der Waals surface area contributed by atoms with E-state index in [2.05, 4.69) is 57.0 Å². The van der Waals surface area contributed by atoms with Gasteiger partial charge in [-0.1, -0.05) is 66.7 Å². The number of ether oxygens (including phenoxy) is 2. The molecule has 0 saturated carbocycles. The van der Waals surface area contributed by atoms with Gasteiger partial charge in [-0.2, -0.15) is 5.21 Å². The van der Waals surface area contributed by atoms with Crippen LogP contribution in [-0.2, 0) is 30.4 Å². The van der Waals surface area contributed by atoms with Gasteiger partial charge in [-0.05, 0) is 107 Å². The second kappa shape index (κ2) is 14.9. The van der Waals surface area contributed by atoms with E-state index in [1.165, 1.54) is 24.3 Å². The van der Waals surface area contributed by atoms with Crippen LogP contribution in [0.25, 0.3) is 17.5 Å². The molecule has 224 valence electrons. The molecule has 4 aromatic carbocycles. The van der Waals surface area contributed by atoms with E-state index in [-0.39, 0.29) is 17.7 Å². The molecule has 5 aromatic rings. The molecule has 44 heavy (non-hydrogen) atoms. The lowest BCUT2D eigenvalue weighted by Crippen LogP contribution is -2.05. The number of allylic oxidation sites excluding steroid dienone is 1. The topological polar surface area (TPSA) is 90.0 Å². The number of H-pyrrole nitrogens is 1. The summed E-state index contributed by atoms with van der Waals surface area (Å²) in [4.78, 5) is 11.8. The average molecular weight is 591 g/mol. The zero-order valence-electron chi connectivity index (χ0n) is 24.9. The highest BCUT2D eigenvalue weighted by atomic mass is 19.1. The van der Waals surface area contributed by atoms with Crippen LogP contribution in [0.3, 0.4) is 0 Å². The van der Waals surface area contributed by atoms with Gasteiger partial charge in [0.05, 0.1) is 19.8 Å². The van der Waals surface area contributed by atoms with Crippen molar-refractivity contribution in [1.82, 2.24) is 20.6 Å². The SMILES string of the molecule is COC(=O)c1ccc(CCC(/C=C\c2cc(F)ccc2CCc2ccc(OC)cc2)Cc2ccc(-c3nn[nH]n3)cc2)cc1. The number of rotatable bonds is 13. The molecule has 0 radical (unpaired) electrons. The molecule has 7 nitrogen and oxygen atoms in total. The standard InChI is InChI=1S/C36H35FN4O3/c1-43-34-21-11-26(12-22-34)5-13-29-19-20-33(37)24-32(29)18-10-27(4-3-25-6-16-31(17-7-25)36(42)44-2)23-28-8-14-30(15-9-28)35-38-40-41-39-35/h6-12,14-22,24,27H,3-5,13,23H2,1-2H3,(H,38,39,40,41)/b18-10-. The number of hydrogen-bond donors (Lipinski definition) is 1. The third kappa shape index (κ3) is 8.25. The summed E-state index contributed by atoms with van der Waals surface area (Å²) in [5.41, 5.74) is 6.91. The van der Waals surface area contributed by atoms with Crippen molar-refractivity contribution in [1.29, 1.82) is 0 Å². The van der Waals surface area contributed by atoms with Gasteiger partial charge in [0.15, 0.2) is 0 Å². The second-order valence-electron chi connectivity index (χ2n) is 10.7. The summed E-state index contributed by atoms with van der Waals surface area (Å²) in [6, 6.07) is 28.8. The van der Waals surface area contributed by atoms with Crippen LogP contribution in [-0.4, -0.2) is 40.8 Å². The number of carbonyl (C=O) groups excluding carboxylic acids is 1. The Morgan fingerprint density at radius 1 is 0.864 bits per heavy atom.